The normalized spacial score (nSPS) is 10.2. The predicted octanol–water partition coefficient (Wildman–Crippen LogP) is -0.104. The van der Waals surface area contributed by atoms with Gasteiger partial charge < -0.3 is 52.2 Å². The largest absolute Gasteiger partial charge is 0.388 e. The molecule has 17 heteroatoms. The van der Waals surface area contributed by atoms with Gasteiger partial charge in [-0.25, -0.2) is 4.99 Å². The Morgan fingerprint density at radius 2 is 1.17 bits per heavy atom. The van der Waals surface area contributed by atoms with Gasteiger partial charge in [-0.2, -0.15) is 0 Å². The van der Waals surface area contributed by atoms with Gasteiger partial charge in [-0.15, -0.1) is 12.4 Å². The third-order valence-corrected chi connectivity index (χ3v) is 5.60. The molecule has 0 unspecified atom stereocenters. The summed E-state index contributed by atoms with van der Waals surface area (Å²) in [5.74, 6) is -1.99. The van der Waals surface area contributed by atoms with E-state index < -0.39 is 17.7 Å². The van der Waals surface area contributed by atoms with Crippen molar-refractivity contribution in [3.05, 3.63) is 53.9 Å². The zero-order valence-corrected chi connectivity index (χ0v) is 23.5. The third-order valence-electron chi connectivity index (χ3n) is 5.60. The topological polar surface area (TPSA) is 245 Å². The average Bonchev–Trinajstić information content (AvgIpc) is 3.53. The molecule has 3 aromatic rings. The number of anilines is 3. The lowest BCUT2D eigenvalue weighted by molar-refractivity contribution is -0.114. The van der Waals surface area contributed by atoms with Crippen molar-refractivity contribution in [3.63, 3.8) is 0 Å². The van der Waals surface area contributed by atoms with E-state index in [0.717, 1.165) is 0 Å². The van der Waals surface area contributed by atoms with Crippen LogP contribution in [0.15, 0.2) is 41.8 Å². The summed E-state index contributed by atoms with van der Waals surface area (Å²) in [5.41, 5.74) is 17.7. The maximum absolute atomic E-state index is 12.9. The van der Waals surface area contributed by atoms with Gasteiger partial charge in [-0.05, 0) is 18.2 Å². The summed E-state index contributed by atoms with van der Waals surface area (Å²) in [6.07, 6.45) is 4.96. The van der Waals surface area contributed by atoms with Gasteiger partial charge in [0.05, 0.1) is 22.9 Å². The van der Waals surface area contributed by atoms with E-state index in [1.165, 1.54) is 22.8 Å². The molecular formula is C24H33ClN12O4. The fourth-order valence-electron chi connectivity index (χ4n) is 3.73. The van der Waals surface area contributed by atoms with Crippen molar-refractivity contribution in [2.45, 2.75) is 6.42 Å². The highest BCUT2D eigenvalue weighted by Crippen LogP contribution is 2.19. The summed E-state index contributed by atoms with van der Waals surface area (Å²) in [5, 5.41) is 18.0. The predicted molar refractivity (Wildman–Crippen MR) is 158 cm³/mol. The quantitative estimate of drug-likeness (QED) is 0.111. The Morgan fingerprint density at radius 1 is 0.756 bits per heavy atom. The highest BCUT2D eigenvalue weighted by Gasteiger charge is 2.19. The van der Waals surface area contributed by atoms with E-state index in [-0.39, 0.29) is 61.0 Å². The first-order valence-corrected chi connectivity index (χ1v) is 11.9. The molecule has 0 atom stereocenters. The van der Waals surface area contributed by atoms with Crippen LogP contribution in [-0.2, 0) is 25.9 Å². The van der Waals surface area contributed by atoms with E-state index in [4.69, 9.17) is 22.6 Å². The number of carbonyl (C=O) groups excluding carboxylic acids is 4. The van der Waals surface area contributed by atoms with Crippen LogP contribution in [0.4, 0.5) is 17.1 Å². The summed E-state index contributed by atoms with van der Waals surface area (Å²) in [7, 11) is 4.95. The molecule has 0 fully saturated rings. The average molecular weight is 589 g/mol. The molecule has 11 N–H and O–H groups in total. The molecule has 3 heterocycles. The van der Waals surface area contributed by atoms with Crippen LogP contribution >= 0.6 is 12.4 Å². The molecule has 0 aliphatic rings. The molecule has 4 amide bonds. The van der Waals surface area contributed by atoms with Crippen LogP contribution in [0.5, 0.6) is 0 Å². The molecular weight excluding hydrogens is 556 g/mol. The minimum atomic E-state index is -0.465. The number of nitrogens with zero attached hydrogens (tertiary/aromatic N) is 4. The van der Waals surface area contributed by atoms with Gasteiger partial charge in [-0.1, -0.05) is 0 Å². The lowest BCUT2D eigenvalue weighted by atomic mass is 10.3. The van der Waals surface area contributed by atoms with Crippen LogP contribution in [0.3, 0.4) is 0 Å². The van der Waals surface area contributed by atoms with Crippen LogP contribution in [0.25, 0.3) is 0 Å². The molecule has 0 bridgehead atoms. The number of rotatable bonds is 11. The molecule has 0 saturated heterocycles. The van der Waals surface area contributed by atoms with Crippen LogP contribution < -0.4 is 38.5 Å². The number of guanidine groups is 1. The maximum atomic E-state index is 12.9. The summed E-state index contributed by atoms with van der Waals surface area (Å²) in [6, 6.07) is 4.52. The number of aliphatic imine (C=N–C) groups is 1. The van der Waals surface area contributed by atoms with Crippen LogP contribution in [-0.4, -0.2) is 62.2 Å². The van der Waals surface area contributed by atoms with Crippen molar-refractivity contribution in [3.8, 4) is 0 Å². The molecule has 3 aromatic heterocycles. The molecule has 41 heavy (non-hydrogen) atoms. The summed E-state index contributed by atoms with van der Waals surface area (Å²) < 4.78 is 4.64. The molecule has 0 aliphatic carbocycles. The molecule has 0 aromatic carbocycles. The fourth-order valence-corrected chi connectivity index (χ4v) is 3.73. The number of aromatic nitrogens is 3. The Hall–Kier alpha value is -5.25. The summed E-state index contributed by atoms with van der Waals surface area (Å²) >= 11 is 0. The molecule has 3 rings (SSSR count). The van der Waals surface area contributed by atoms with Crippen LogP contribution in [0.2, 0.25) is 0 Å². The van der Waals surface area contributed by atoms with Crippen molar-refractivity contribution < 1.29 is 19.2 Å². The summed E-state index contributed by atoms with van der Waals surface area (Å²) in [4.78, 5) is 53.8. The van der Waals surface area contributed by atoms with Crippen LogP contribution in [0.1, 0.15) is 37.9 Å². The lowest BCUT2D eigenvalue weighted by Crippen LogP contribution is -2.28. The standard InChI is InChI=1S/C24H32N12O4.ClH/c1-34-11-14(7-16(34)21(38)29-5-4-19(25)26)32-23(40)18-8-15(12-36(18)3)33-22(39)17-6-13(10-35(17)2)31-20(37)9-30-24(27)28;/h6-8,10-12H,4-5,9H2,1-3H3,(H3,25,26)(H,29,38)(H,31,37)(H,32,40)(H,33,39)(H4,27,28,30);1H. The molecule has 0 aliphatic heterocycles. The second-order valence-electron chi connectivity index (χ2n) is 8.90. The van der Waals surface area contributed by atoms with Crippen LogP contribution in [0, 0.1) is 5.41 Å². The first kappa shape index (κ1) is 32.0. The van der Waals surface area contributed by atoms with Crippen molar-refractivity contribution >= 4 is 64.9 Å². The molecule has 0 spiro atoms. The first-order chi connectivity index (χ1) is 18.8. The van der Waals surface area contributed by atoms with Crippen molar-refractivity contribution in [1.82, 2.24) is 19.0 Å². The lowest BCUT2D eigenvalue weighted by Gasteiger charge is -2.04. The highest BCUT2D eigenvalue weighted by atomic mass is 35.5. The summed E-state index contributed by atoms with van der Waals surface area (Å²) in [6.45, 7) is -0.0384. The zero-order chi connectivity index (χ0) is 29.6. The van der Waals surface area contributed by atoms with Gasteiger partial charge in [0, 0.05) is 52.7 Å². The van der Waals surface area contributed by atoms with E-state index in [0.29, 0.717) is 22.8 Å². The smallest absolute Gasteiger partial charge is 0.272 e. The number of hydrogen-bond acceptors (Lipinski definition) is 6. The minimum Gasteiger partial charge on any atom is -0.388 e. The van der Waals surface area contributed by atoms with Crippen molar-refractivity contribution in [1.29, 1.82) is 5.41 Å². The number of aryl methyl sites for hydroxylation is 3. The number of nitrogens with two attached hydrogens (primary N) is 3. The van der Waals surface area contributed by atoms with Gasteiger partial charge in [0.15, 0.2) is 5.96 Å². The second kappa shape index (κ2) is 13.7. The number of amides is 4. The Labute approximate surface area is 241 Å². The van der Waals surface area contributed by atoms with Crippen molar-refractivity contribution in [2.75, 3.05) is 29.0 Å². The van der Waals surface area contributed by atoms with E-state index in [1.54, 1.807) is 48.9 Å². The van der Waals surface area contributed by atoms with E-state index >= 15 is 0 Å². The maximum Gasteiger partial charge on any atom is 0.272 e. The molecule has 0 radical (unpaired) electrons. The first-order valence-electron chi connectivity index (χ1n) is 11.9. The van der Waals surface area contributed by atoms with Crippen molar-refractivity contribution in [2.24, 2.45) is 43.3 Å². The van der Waals surface area contributed by atoms with E-state index in [9.17, 15) is 19.2 Å². The molecule has 220 valence electrons. The number of amidine groups is 1. The highest BCUT2D eigenvalue weighted by molar-refractivity contribution is 6.07. The Morgan fingerprint density at radius 3 is 1.59 bits per heavy atom. The minimum absolute atomic E-state index is 0. The molecule has 16 nitrogen and oxygen atoms in total. The van der Waals surface area contributed by atoms with Gasteiger partial charge in [-0.3, -0.25) is 24.6 Å². The third kappa shape index (κ3) is 8.62. The second-order valence-corrected chi connectivity index (χ2v) is 8.90. The van der Waals surface area contributed by atoms with Gasteiger partial charge >= 0.3 is 0 Å². The zero-order valence-electron chi connectivity index (χ0n) is 22.6. The SMILES string of the molecule is Cl.Cn1cc(NC(=O)c2cc(NC(=O)c3cc(NC(=O)CN=C(N)N)cn3C)cn2C)cc1C(=O)NCCC(=N)N. The Bertz CT molecular complexity index is 1500. The Balaban J connectivity index is 0.00000588. The van der Waals surface area contributed by atoms with E-state index in [1.807, 2.05) is 0 Å². The van der Waals surface area contributed by atoms with Gasteiger partial charge in [0.2, 0.25) is 5.91 Å². The fraction of sp³-hybridized carbons (Fsp3) is 0.250. The number of hydrogen-bond donors (Lipinski definition) is 8. The monoisotopic (exact) mass is 588 g/mol. The van der Waals surface area contributed by atoms with Gasteiger partial charge in [0.1, 0.15) is 23.6 Å². The number of halogens is 1. The number of carbonyl (C=O) groups is 4. The Kier molecular flexibility index (Phi) is 10.7. The van der Waals surface area contributed by atoms with E-state index in [2.05, 4.69) is 26.3 Å². The number of nitrogens with one attached hydrogen (secondary N) is 5. The molecule has 0 saturated carbocycles. The van der Waals surface area contributed by atoms with Gasteiger partial charge in [0.25, 0.3) is 17.7 Å².